The molecule has 4 aromatic carbocycles. The number of rotatable bonds is 7. The quantitative estimate of drug-likeness (QED) is 0.296. The molecule has 0 spiro atoms. The standard InChI is InChI=1S/C31H34N2/c1-21(25-8-10-27(11-9-25)23(3)29-14-18-31(33)19-15-29)20-24-4-6-26(7-5-24)22(2)28-12-16-30(32)17-13-28/h4-19,21-23H,20,32-33H2,1-3H3. The Bertz CT molecular complexity index is 1160. The maximum Gasteiger partial charge on any atom is 0.0314 e. The van der Waals surface area contributed by atoms with E-state index in [9.17, 15) is 0 Å². The molecule has 0 aliphatic heterocycles. The van der Waals surface area contributed by atoms with Crippen LogP contribution in [0.2, 0.25) is 0 Å². The Morgan fingerprint density at radius 1 is 0.455 bits per heavy atom. The van der Waals surface area contributed by atoms with Gasteiger partial charge in [0.15, 0.2) is 0 Å². The molecule has 33 heavy (non-hydrogen) atoms. The van der Waals surface area contributed by atoms with E-state index >= 15 is 0 Å². The zero-order valence-electron chi connectivity index (χ0n) is 19.8. The van der Waals surface area contributed by atoms with Crippen LogP contribution >= 0.6 is 0 Å². The van der Waals surface area contributed by atoms with Gasteiger partial charge in [-0.2, -0.15) is 0 Å². The number of nitrogens with two attached hydrogens (primary N) is 2. The Morgan fingerprint density at radius 3 is 1.15 bits per heavy atom. The fourth-order valence-corrected chi connectivity index (χ4v) is 4.48. The van der Waals surface area contributed by atoms with Crippen molar-refractivity contribution in [2.75, 3.05) is 11.5 Å². The van der Waals surface area contributed by atoms with Gasteiger partial charge in [-0.3, -0.25) is 0 Å². The first-order valence-corrected chi connectivity index (χ1v) is 11.8. The maximum absolute atomic E-state index is 5.83. The Morgan fingerprint density at radius 2 is 0.758 bits per heavy atom. The van der Waals surface area contributed by atoms with E-state index in [2.05, 4.69) is 93.6 Å². The van der Waals surface area contributed by atoms with Gasteiger partial charge in [0, 0.05) is 23.2 Å². The summed E-state index contributed by atoms with van der Waals surface area (Å²) in [6.07, 6.45) is 1.03. The predicted octanol–water partition coefficient (Wildman–Crippen LogP) is 7.50. The van der Waals surface area contributed by atoms with Crippen LogP contribution in [-0.2, 0) is 6.42 Å². The molecule has 2 nitrogen and oxygen atoms in total. The first kappa shape index (κ1) is 22.7. The molecular formula is C31H34N2. The minimum Gasteiger partial charge on any atom is -0.399 e. The van der Waals surface area contributed by atoms with E-state index < -0.39 is 0 Å². The van der Waals surface area contributed by atoms with Crippen LogP contribution in [0.3, 0.4) is 0 Å². The fraction of sp³-hybridized carbons (Fsp3) is 0.226. The molecule has 0 amide bonds. The summed E-state index contributed by atoms with van der Waals surface area (Å²) in [6, 6.07) is 34.6. The molecule has 3 unspecified atom stereocenters. The molecule has 4 N–H and O–H groups in total. The lowest BCUT2D eigenvalue weighted by Gasteiger charge is -2.17. The van der Waals surface area contributed by atoms with E-state index in [0.717, 1.165) is 17.8 Å². The van der Waals surface area contributed by atoms with Gasteiger partial charge in [0.1, 0.15) is 0 Å². The lowest BCUT2D eigenvalue weighted by atomic mass is 9.88. The van der Waals surface area contributed by atoms with E-state index in [1.165, 1.54) is 33.4 Å². The summed E-state index contributed by atoms with van der Waals surface area (Å²) in [5, 5.41) is 0. The zero-order valence-corrected chi connectivity index (χ0v) is 19.8. The van der Waals surface area contributed by atoms with Crippen molar-refractivity contribution in [1.29, 1.82) is 0 Å². The predicted molar refractivity (Wildman–Crippen MR) is 142 cm³/mol. The number of anilines is 2. The van der Waals surface area contributed by atoms with Crippen LogP contribution in [-0.4, -0.2) is 0 Å². The summed E-state index contributed by atoms with van der Waals surface area (Å²) in [5.41, 5.74) is 21.3. The van der Waals surface area contributed by atoms with Crippen molar-refractivity contribution >= 4 is 11.4 Å². The lowest BCUT2D eigenvalue weighted by Crippen LogP contribution is -2.01. The van der Waals surface area contributed by atoms with Crippen LogP contribution in [0.25, 0.3) is 0 Å². The van der Waals surface area contributed by atoms with Crippen LogP contribution in [0.15, 0.2) is 97.1 Å². The third kappa shape index (κ3) is 5.46. The van der Waals surface area contributed by atoms with Gasteiger partial charge in [0.25, 0.3) is 0 Å². The molecule has 4 aromatic rings. The highest BCUT2D eigenvalue weighted by Gasteiger charge is 2.12. The number of hydrogen-bond donors (Lipinski definition) is 2. The van der Waals surface area contributed by atoms with Gasteiger partial charge in [-0.25, -0.2) is 0 Å². The number of hydrogen-bond acceptors (Lipinski definition) is 2. The first-order chi connectivity index (χ1) is 15.9. The average molecular weight is 435 g/mol. The minimum atomic E-state index is 0.352. The SMILES string of the molecule is CC(Cc1ccc(C(C)c2ccc(N)cc2)cc1)c1ccc(C(C)c2ccc(N)cc2)cc1. The highest BCUT2D eigenvalue weighted by Crippen LogP contribution is 2.29. The van der Waals surface area contributed by atoms with Gasteiger partial charge in [0.05, 0.1) is 0 Å². The van der Waals surface area contributed by atoms with Crippen molar-refractivity contribution in [2.24, 2.45) is 0 Å². The summed E-state index contributed by atoms with van der Waals surface area (Å²) < 4.78 is 0. The highest BCUT2D eigenvalue weighted by molar-refractivity contribution is 5.44. The van der Waals surface area contributed by atoms with E-state index in [4.69, 9.17) is 11.5 Å². The lowest BCUT2D eigenvalue weighted by molar-refractivity contribution is 0.756. The normalized spacial score (nSPS) is 13.9. The molecule has 0 aliphatic rings. The van der Waals surface area contributed by atoms with Crippen molar-refractivity contribution in [3.63, 3.8) is 0 Å². The third-order valence-corrected chi connectivity index (χ3v) is 6.90. The summed E-state index contributed by atoms with van der Waals surface area (Å²) in [7, 11) is 0. The second-order valence-electron chi connectivity index (χ2n) is 9.29. The van der Waals surface area contributed by atoms with Gasteiger partial charge in [-0.1, -0.05) is 93.6 Å². The molecule has 0 bridgehead atoms. The second kappa shape index (κ2) is 9.95. The molecule has 0 heterocycles. The van der Waals surface area contributed by atoms with Gasteiger partial charge in [-0.15, -0.1) is 0 Å². The summed E-state index contributed by atoms with van der Waals surface area (Å²) in [5.74, 6) is 1.17. The summed E-state index contributed by atoms with van der Waals surface area (Å²) in [6.45, 7) is 6.80. The van der Waals surface area contributed by atoms with Crippen molar-refractivity contribution < 1.29 is 0 Å². The van der Waals surface area contributed by atoms with E-state index in [-0.39, 0.29) is 0 Å². The fourth-order valence-electron chi connectivity index (χ4n) is 4.48. The van der Waals surface area contributed by atoms with E-state index in [1.807, 2.05) is 24.3 Å². The van der Waals surface area contributed by atoms with Gasteiger partial charge in [0.2, 0.25) is 0 Å². The molecule has 3 atom stereocenters. The summed E-state index contributed by atoms with van der Waals surface area (Å²) in [4.78, 5) is 0. The van der Waals surface area contributed by atoms with Crippen LogP contribution in [0, 0.1) is 0 Å². The topological polar surface area (TPSA) is 52.0 Å². The zero-order chi connectivity index (χ0) is 23.4. The Hall–Kier alpha value is -3.52. The van der Waals surface area contributed by atoms with Gasteiger partial charge < -0.3 is 11.5 Å². The smallest absolute Gasteiger partial charge is 0.0314 e. The van der Waals surface area contributed by atoms with Crippen molar-refractivity contribution in [1.82, 2.24) is 0 Å². The molecular weight excluding hydrogens is 400 g/mol. The Kier molecular flexibility index (Phi) is 6.84. The maximum atomic E-state index is 5.83. The van der Waals surface area contributed by atoms with Gasteiger partial charge >= 0.3 is 0 Å². The summed E-state index contributed by atoms with van der Waals surface area (Å²) >= 11 is 0. The molecule has 4 rings (SSSR count). The average Bonchev–Trinajstić information content (AvgIpc) is 2.85. The molecule has 168 valence electrons. The molecule has 0 aromatic heterocycles. The Labute approximate surface area is 198 Å². The van der Waals surface area contributed by atoms with Crippen LogP contribution in [0.1, 0.15) is 71.9 Å². The van der Waals surface area contributed by atoms with Crippen LogP contribution < -0.4 is 11.5 Å². The van der Waals surface area contributed by atoms with Crippen molar-refractivity contribution in [3.05, 3.63) is 130 Å². The minimum absolute atomic E-state index is 0.352. The second-order valence-corrected chi connectivity index (χ2v) is 9.29. The molecule has 0 fully saturated rings. The third-order valence-electron chi connectivity index (χ3n) is 6.90. The largest absolute Gasteiger partial charge is 0.399 e. The highest BCUT2D eigenvalue weighted by atomic mass is 14.5. The molecule has 0 saturated heterocycles. The van der Waals surface area contributed by atoms with Crippen molar-refractivity contribution in [2.45, 2.75) is 44.9 Å². The Balaban J connectivity index is 1.40. The molecule has 0 radical (unpaired) electrons. The van der Waals surface area contributed by atoms with Crippen molar-refractivity contribution in [3.8, 4) is 0 Å². The van der Waals surface area contributed by atoms with Gasteiger partial charge in [-0.05, 0) is 70.0 Å². The van der Waals surface area contributed by atoms with Crippen LogP contribution in [0.4, 0.5) is 11.4 Å². The molecule has 0 aliphatic carbocycles. The van der Waals surface area contributed by atoms with E-state index in [0.29, 0.717) is 17.8 Å². The molecule has 0 saturated carbocycles. The monoisotopic (exact) mass is 434 g/mol. The molecule has 2 heteroatoms. The number of nitrogen functional groups attached to an aromatic ring is 2. The first-order valence-electron chi connectivity index (χ1n) is 11.8. The number of benzene rings is 4. The van der Waals surface area contributed by atoms with E-state index in [1.54, 1.807) is 0 Å². The van der Waals surface area contributed by atoms with Crippen LogP contribution in [0.5, 0.6) is 0 Å².